The van der Waals surface area contributed by atoms with E-state index < -0.39 is 0 Å². The van der Waals surface area contributed by atoms with E-state index in [0.717, 1.165) is 19.3 Å². The maximum absolute atomic E-state index is 10.8. The molecule has 1 heterocycles. The quantitative estimate of drug-likeness (QED) is 0.448. The second-order valence-corrected chi connectivity index (χ2v) is 2.97. The first-order valence-corrected chi connectivity index (χ1v) is 4.09. The predicted molar refractivity (Wildman–Crippen MR) is 43.1 cm³/mol. The minimum Gasteiger partial charge on any atom is -0.465 e. The van der Waals surface area contributed by atoms with Gasteiger partial charge in [-0.3, -0.25) is 4.79 Å². The number of esters is 1. The molecule has 2 heteroatoms. The van der Waals surface area contributed by atoms with Gasteiger partial charge in [-0.15, -0.1) is 6.58 Å². The van der Waals surface area contributed by atoms with E-state index in [0.29, 0.717) is 18.9 Å². The second-order valence-electron chi connectivity index (χ2n) is 2.97. The van der Waals surface area contributed by atoms with Gasteiger partial charge in [-0.05, 0) is 25.2 Å². The normalized spacial score (nSPS) is 25.5. The number of carbonyl (C=O) groups excluding carboxylic acids is 1. The van der Waals surface area contributed by atoms with E-state index in [1.54, 1.807) is 0 Å². The molecule has 0 aliphatic carbocycles. The van der Waals surface area contributed by atoms with Crippen LogP contribution in [0.4, 0.5) is 0 Å². The molecule has 0 saturated carbocycles. The fourth-order valence-corrected chi connectivity index (χ4v) is 1.32. The zero-order chi connectivity index (χ0) is 8.10. The molecular formula is C9H14O2. The van der Waals surface area contributed by atoms with Crippen LogP contribution in [-0.2, 0) is 9.53 Å². The highest BCUT2D eigenvalue weighted by Gasteiger charge is 2.15. The average molecular weight is 154 g/mol. The Balaban J connectivity index is 2.33. The smallest absolute Gasteiger partial charge is 0.305 e. The van der Waals surface area contributed by atoms with Crippen LogP contribution in [0.25, 0.3) is 0 Å². The predicted octanol–water partition coefficient (Wildman–Crippen LogP) is 1.91. The Kier molecular flexibility index (Phi) is 3.14. The van der Waals surface area contributed by atoms with Gasteiger partial charge < -0.3 is 4.74 Å². The van der Waals surface area contributed by atoms with Crippen LogP contribution in [0.3, 0.4) is 0 Å². The van der Waals surface area contributed by atoms with E-state index in [-0.39, 0.29) is 5.97 Å². The first-order chi connectivity index (χ1) is 5.33. The van der Waals surface area contributed by atoms with Crippen LogP contribution >= 0.6 is 0 Å². The lowest BCUT2D eigenvalue weighted by Gasteiger charge is -2.09. The molecular weight excluding hydrogens is 140 g/mol. The van der Waals surface area contributed by atoms with E-state index in [9.17, 15) is 4.79 Å². The summed E-state index contributed by atoms with van der Waals surface area (Å²) in [6.45, 7) is 4.25. The molecule has 1 aliphatic rings. The number of cyclic esters (lactones) is 1. The first-order valence-electron chi connectivity index (χ1n) is 4.09. The Hall–Kier alpha value is -0.790. The summed E-state index contributed by atoms with van der Waals surface area (Å²) in [7, 11) is 0. The molecule has 1 aliphatic heterocycles. The highest BCUT2D eigenvalue weighted by molar-refractivity contribution is 5.69. The summed E-state index contributed by atoms with van der Waals surface area (Å²) in [5.74, 6) is 0.468. The van der Waals surface area contributed by atoms with Crippen molar-refractivity contribution < 1.29 is 9.53 Å². The van der Waals surface area contributed by atoms with Crippen molar-refractivity contribution in [2.75, 3.05) is 6.61 Å². The molecule has 2 nitrogen and oxygen atoms in total. The molecule has 62 valence electrons. The third kappa shape index (κ3) is 2.74. The van der Waals surface area contributed by atoms with E-state index in [2.05, 4.69) is 6.58 Å². The zero-order valence-electron chi connectivity index (χ0n) is 6.71. The molecule has 0 aromatic rings. The number of hydrogen-bond acceptors (Lipinski definition) is 2. The second kappa shape index (κ2) is 4.16. The molecule has 11 heavy (non-hydrogen) atoms. The number of hydrogen-bond donors (Lipinski definition) is 0. The topological polar surface area (TPSA) is 26.3 Å². The van der Waals surface area contributed by atoms with E-state index >= 15 is 0 Å². The van der Waals surface area contributed by atoms with Crippen molar-refractivity contribution in [2.24, 2.45) is 5.92 Å². The van der Waals surface area contributed by atoms with Crippen molar-refractivity contribution in [1.29, 1.82) is 0 Å². The Morgan fingerprint density at radius 1 is 1.73 bits per heavy atom. The molecule has 0 aromatic heterocycles. The minimum atomic E-state index is -0.0448. The third-order valence-corrected chi connectivity index (χ3v) is 1.97. The Labute approximate surface area is 67.2 Å². The third-order valence-electron chi connectivity index (χ3n) is 1.97. The number of ether oxygens (including phenoxy) is 1. The van der Waals surface area contributed by atoms with Crippen LogP contribution in [0.2, 0.25) is 0 Å². The first kappa shape index (κ1) is 8.31. The van der Waals surface area contributed by atoms with Gasteiger partial charge in [-0.25, -0.2) is 0 Å². The molecule has 0 amide bonds. The molecule has 0 unspecified atom stereocenters. The lowest BCUT2D eigenvalue weighted by atomic mass is 10.0. The van der Waals surface area contributed by atoms with Crippen molar-refractivity contribution in [2.45, 2.75) is 25.7 Å². The summed E-state index contributed by atoms with van der Waals surface area (Å²) < 4.78 is 4.98. The Morgan fingerprint density at radius 2 is 2.55 bits per heavy atom. The summed E-state index contributed by atoms with van der Waals surface area (Å²) in [5.41, 5.74) is 0. The maximum atomic E-state index is 10.8. The molecule has 0 aromatic carbocycles. The Bertz CT molecular complexity index is 152. The maximum Gasteiger partial charge on any atom is 0.305 e. The fourth-order valence-electron chi connectivity index (χ4n) is 1.32. The lowest BCUT2D eigenvalue weighted by molar-refractivity contribution is -0.143. The van der Waals surface area contributed by atoms with Gasteiger partial charge in [0.2, 0.25) is 0 Å². The number of carbonyl (C=O) groups is 1. The fraction of sp³-hybridized carbons (Fsp3) is 0.667. The van der Waals surface area contributed by atoms with Crippen LogP contribution in [0.5, 0.6) is 0 Å². The SMILES string of the molecule is C=CC[C@H]1CCCC(=O)OC1. The van der Waals surface area contributed by atoms with E-state index in [1.807, 2.05) is 6.08 Å². The highest BCUT2D eigenvalue weighted by Crippen LogP contribution is 2.17. The largest absolute Gasteiger partial charge is 0.465 e. The van der Waals surface area contributed by atoms with E-state index in [4.69, 9.17) is 4.74 Å². The van der Waals surface area contributed by atoms with Gasteiger partial charge in [0.1, 0.15) is 0 Å². The molecule has 0 radical (unpaired) electrons. The standard InChI is InChI=1S/C9H14O2/c1-2-4-8-5-3-6-9(10)11-7-8/h2,8H,1,3-7H2/t8-/m0/s1. The highest BCUT2D eigenvalue weighted by atomic mass is 16.5. The lowest BCUT2D eigenvalue weighted by Crippen LogP contribution is -2.08. The van der Waals surface area contributed by atoms with Crippen molar-refractivity contribution in [3.63, 3.8) is 0 Å². The van der Waals surface area contributed by atoms with Gasteiger partial charge in [-0.2, -0.15) is 0 Å². The number of allylic oxidation sites excluding steroid dienone is 1. The summed E-state index contributed by atoms with van der Waals surface area (Å²) in [6, 6.07) is 0. The summed E-state index contributed by atoms with van der Waals surface area (Å²) in [5, 5.41) is 0. The minimum absolute atomic E-state index is 0.0448. The van der Waals surface area contributed by atoms with Gasteiger partial charge in [-0.1, -0.05) is 6.08 Å². The van der Waals surface area contributed by atoms with Gasteiger partial charge in [0.15, 0.2) is 0 Å². The van der Waals surface area contributed by atoms with Gasteiger partial charge in [0.25, 0.3) is 0 Å². The summed E-state index contributed by atoms with van der Waals surface area (Å²) in [4.78, 5) is 10.8. The molecule has 1 fully saturated rings. The van der Waals surface area contributed by atoms with Crippen LogP contribution < -0.4 is 0 Å². The molecule has 0 bridgehead atoms. The van der Waals surface area contributed by atoms with Gasteiger partial charge in [0, 0.05) is 6.42 Å². The molecule has 1 atom stereocenters. The molecule has 0 N–H and O–H groups in total. The van der Waals surface area contributed by atoms with E-state index in [1.165, 1.54) is 0 Å². The van der Waals surface area contributed by atoms with Crippen molar-refractivity contribution >= 4 is 5.97 Å². The Morgan fingerprint density at radius 3 is 3.27 bits per heavy atom. The van der Waals surface area contributed by atoms with Crippen LogP contribution in [0, 0.1) is 5.92 Å². The van der Waals surface area contributed by atoms with Crippen LogP contribution in [0.15, 0.2) is 12.7 Å². The van der Waals surface area contributed by atoms with Crippen LogP contribution in [0.1, 0.15) is 25.7 Å². The number of rotatable bonds is 2. The van der Waals surface area contributed by atoms with Crippen LogP contribution in [-0.4, -0.2) is 12.6 Å². The average Bonchev–Trinajstić information content (AvgIpc) is 2.17. The van der Waals surface area contributed by atoms with Crippen molar-refractivity contribution in [3.8, 4) is 0 Å². The van der Waals surface area contributed by atoms with Gasteiger partial charge >= 0.3 is 5.97 Å². The molecule has 1 saturated heterocycles. The zero-order valence-corrected chi connectivity index (χ0v) is 6.71. The monoisotopic (exact) mass is 154 g/mol. The van der Waals surface area contributed by atoms with Crippen molar-refractivity contribution in [3.05, 3.63) is 12.7 Å². The summed E-state index contributed by atoms with van der Waals surface area (Å²) in [6.07, 6.45) is 5.51. The molecule has 0 spiro atoms. The van der Waals surface area contributed by atoms with Crippen molar-refractivity contribution in [1.82, 2.24) is 0 Å². The summed E-state index contributed by atoms with van der Waals surface area (Å²) >= 11 is 0. The molecule has 1 rings (SSSR count). The van der Waals surface area contributed by atoms with Gasteiger partial charge in [0.05, 0.1) is 6.61 Å².